The summed E-state index contributed by atoms with van der Waals surface area (Å²) in [6.45, 7) is 5.30. The maximum absolute atomic E-state index is 12.2. The second kappa shape index (κ2) is 8.51. The maximum Gasteiger partial charge on any atom is 0.329 e. The molecule has 0 heterocycles. The number of nitrogens with zero attached hydrogens (tertiary/aromatic N) is 1. The summed E-state index contributed by atoms with van der Waals surface area (Å²) in [5.41, 5.74) is -0.673. The van der Waals surface area contributed by atoms with Crippen molar-refractivity contribution in [3.05, 3.63) is 0 Å². The van der Waals surface area contributed by atoms with E-state index in [0.717, 1.165) is 0 Å². The van der Waals surface area contributed by atoms with Crippen LogP contribution < -0.4 is 5.32 Å². The fourth-order valence-corrected chi connectivity index (χ4v) is 1.64. The molecule has 0 bridgehead atoms. The summed E-state index contributed by atoms with van der Waals surface area (Å²) in [6, 6.07) is -0.839. The van der Waals surface area contributed by atoms with Gasteiger partial charge in [-0.15, -0.1) is 0 Å². The number of carbonyl (C=O) groups is 3. The quantitative estimate of drug-likeness (QED) is 0.498. The standard InChI is InChI=1S/C14H25N3O4/c1-14(2,3)21-13(20)11(7-6-10(18)8-15)17(5)12(19)9-16-4/h8,11,15-16H,6-7,9H2,1-5H3. The van der Waals surface area contributed by atoms with Crippen LogP contribution in [0.2, 0.25) is 0 Å². The van der Waals surface area contributed by atoms with E-state index in [4.69, 9.17) is 10.1 Å². The minimum Gasteiger partial charge on any atom is -0.458 e. The Kier molecular flexibility index (Phi) is 7.80. The Labute approximate surface area is 125 Å². The number of esters is 1. The Bertz CT molecular complexity index is 402. The minimum atomic E-state index is -0.839. The number of rotatable bonds is 8. The molecule has 0 spiro atoms. The largest absolute Gasteiger partial charge is 0.458 e. The molecule has 7 heteroatoms. The molecule has 0 fully saturated rings. The molecule has 0 aliphatic rings. The van der Waals surface area contributed by atoms with Crippen molar-refractivity contribution in [2.24, 2.45) is 0 Å². The summed E-state index contributed by atoms with van der Waals surface area (Å²) in [4.78, 5) is 36.6. The molecule has 1 atom stereocenters. The van der Waals surface area contributed by atoms with E-state index in [1.807, 2.05) is 0 Å². The Balaban J connectivity index is 4.98. The van der Waals surface area contributed by atoms with Crippen molar-refractivity contribution in [2.45, 2.75) is 45.3 Å². The van der Waals surface area contributed by atoms with E-state index in [1.54, 1.807) is 27.8 Å². The fourth-order valence-electron chi connectivity index (χ4n) is 1.64. The molecule has 120 valence electrons. The lowest BCUT2D eigenvalue weighted by molar-refractivity contribution is -0.164. The molecule has 0 saturated carbocycles. The topological polar surface area (TPSA) is 99.6 Å². The smallest absolute Gasteiger partial charge is 0.329 e. The molecular weight excluding hydrogens is 274 g/mol. The van der Waals surface area contributed by atoms with E-state index >= 15 is 0 Å². The third-order valence-electron chi connectivity index (χ3n) is 2.69. The predicted octanol–water partition coefficient (Wildman–Crippen LogP) is 0.373. The van der Waals surface area contributed by atoms with Crippen molar-refractivity contribution >= 4 is 23.9 Å². The van der Waals surface area contributed by atoms with Crippen molar-refractivity contribution in [1.29, 1.82) is 5.41 Å². The molecule has 7 nitrogen and oxygen atoms in total. The Hall–Kier alpha value is -1.76. The van der Waals surface area contributed by atoms with Gasteiger partial charge < -0.3 is 20.4 Å². The van der Waals surface area contributed by atoms with Crippen molar-refractivity contribution in [3.8, 4) is 0 Å². The van der Waals surface area contributed by atoms with E-state index in [-0.39, 0.29) is 25.3 Å². The van der Waals surface area contributed by atoms with Gasteiger partial charge in [0.05, 0.1) is 12.8 Å². The monoisotopic (exact) mass is 299 g/mol. The van der Waals surface area contributed by atoms with Crippen molar-refractivity contribution < 1.29 is 19.1 Å². The predicted molar refractivity (Wildman–Crippen MR) is 79.4 cm³/mol. The second-order valence-corrected chi connectivity index (χ2v) is 5.73. The van der Waals surface area contributed by atoms with Gasteiger partial charge in [-0.1, -0.05) is 0 Å². The number of amides is 1. The number of carbonyl (C=O) groups excluding carboxylic acids is 3. The molecule has 0 radical (unpaired) electrons. The van der Waals surface area contributed by atoms with Crippen molar-refractivity contribution in [2.75, 3.05) is 20.6 Å². The van der Waals surface area contributed by atoms with Crippen LogP contribution in [-0.2, 0) is 19.1 Å². The van der Waals surface area contributed by atoms with Crippen LogP contribution in [0.1, 0.15) is 33.6 Å². The highest BCUT2D eigenvalue weighted by Gasteiger charge is 2.31. The van der Waals surface area contributed by atoms with Gasteiger partial charge in [0, 0.05) is 13.5 Å². The number of ether oxygens (including phenoxy) is 1. The third kappa shape index (κ3) is 7.55. The average Bonchev–Trinajstić information content (AvgIpc) is 2.36. The lowest BCUT2D eigenvalue weighted by atomic mass is 10.1. The van der Waals surface area contributed by atoms with Gasteiger partial charge in [0.2, 0.25) is 5.91 Å². The number of likely N-dealkylation sites (N-methyl/N-ethyl adjacent to an activating group) is 2. The van der Waals surface area contributed by atoms with Gasteiger partial charge in [0.1, 0.15) is 11.6 Å². The normalized spacial score (nSPS) is 12.4. The van der Waals surface area contributed by atoms with Crippen LogP contribution in [0.5, 0.6) is 0 Å². The molecule has 2 N–H and O–H groups in total. The summed E-state index contributed by atoms with van der Waals surface area (Å²) >= 11 is 0. The lowest BCUT2D eigenvalue weighted by Crippen LogP contribution is -2.47. The highest BCUT2D eigenvalue weighted by atomic mass is 16.6. The Morgan fingerprint density at radius 2 is 1.90 bits per heavy atom. The Morgan fingerprint density at radius 3 is 2.33 bits per heavy atom. The maximum atomic E-state index is 12.2. The van der Waals surface area contributed by atoms with Crippen molar-refractivity contribution in [3.63, 3.8) is 0 Å². The zero-order chi connectivity index (χ0) is 16.6. The van der Waals surface area contributed by atoms with E-state index in [0.29, 0.717) is 6.21 Å². The van der Waals surface area contributed by atoms with Crippen LogP contribution in [0.15, 0.2) is 0 Å². The van der Waals surface area contributed by atoms with Gasteiger partial charge in [0.15, 0.2) is 5.78 Å². The van der Waals surface area contributed by atoms with Crippen LogP contribution in [0.4, 0.5) is 0 Å². The fraction of sp³-hybridized carbons (Fsp3) is 0.714. The summed E-state index contributed by atoms with van der Waals surface area (Å²) < 4.78 is 5.29. The molecule has 0 saturated heterocycles. The first kappa shape index (κ1) is 19.2. The van der Waals surface area contributed by atoms with Crippen LogP contribution in [0.3, 0.4) is 0 Å². The lowest BCUT2D eigenvalue weighted by Gasteiger charge is -2.29. The van der Waals surface area contributed by atoms with Gasteiger partial charge in [-0.3, -0.25) is 9.59 Å². The van der Waals surface area contributed by atoms with Gasteiger partial charge in [-0.05, 0) is 34.2 Å². The SMILES string of the molecule is CNCC(=O)N(C)C(CCC(=O)C=N)C(=O)OC(C)(C)C. The molecule has 0 aromatic carbocycles. The van der Waals surface area contributed by atoms with Gasteiger partial charge >= 0.3 is 5.97 Å². The number of ketones is 1. The van der Waals surface area contributed by atoms with Gasteiger partial charge in [-0.2, -0.15) is 0 Å². The first-order chi connectivity index (χ1) is 9.62. The van der Waals surface area contributed by atoms with E-state index in [9.17, 15) is 14.4 Å². The van der Waals surface area contributed by atoms with E-state index < -0.39 is 23.4 Å². The number of hydrogen-bond acceptors (Lipinski definition) is 6. The third-order valence-corrected chi connectivity index (χ3v) is 2.69. The summed E-state index contributed by atoms with van der Waals surface area (Å²) in [5, 5.41) is 9.60. The molecule has 0 aromatic heterocycles. The number of nitrogens with one attached hydrogen (secondary N) is 2. The molecule has 21 heavy (non-hydrogen) atoms. The van der Waals surface area contributed by atoms with Gasteiger partial charge in [0.25, 0.3) is 0 Å². The summed E-state index contributed by atoms with van der Waals surface area (Å²) in [7, 11) is 3.13. The van der Waals surface area contributed by atoms with Gasteiger partial charge in [-0.25, -0.2) is 4.79 Å². The zero-order valence-corrected chi connectivity index (χ0v) is 13.4. The average molecular weight is 299 g/mol. The van der Waals surface area contributed by atoms with Crippen molar-refractivity contribution in [1.82, 2.24) is 10.2 Å². The number of hydrogen-bond donors (Lipinski definition) is 2. The molecule has 0 aromatic rings. The molecule has 1 unspecified atom stereocenters. The molecule has 0 rings (SSSR count). The number of Topliss-reactive ketones (excluding diaryl/α,β-unsaturated/α-hetero) is 1. The summed E-state index contributed by atoms with van der Waals surface area (Å²) in [5.74, 6) is -1.21. The van der Waals surface area contributed by atoms with Crippen LogP contribution in [-0.4, -0.2) is 61.1 Å². The highest BCUT2D eigenvalue weighted by Crippen LogP contribution is 2.14. The van der Waals surface area contributed by atoms with Crippen LogP contribution in [0, 0.1) is 5.41 Å². The molecular formula is C14H25N3O4. The van der Waals surface area contributed by atoms with E-state index in [1.165, 1.54) is 11.9 Å². The molecule has 0 aliphatic carbocycles. The van der Waals surface area contributed by atoms with E-state index in [2.05, 4.69) is 5.32 Å². The summed E-state index contributed by atoms with van der Waals surface area (Å²) in [6.07, 6.45) is 0.862. The first-order valence-corrected chi connectivity index (χ1v) is 6.78. The second-order valence-electron chi connectivity index (χ2n) is 5.73. The zero-order valence-electron chi connectivity index (χ0n) is 13.4. The Morgan fingerprint density at radius 1 is 1.33 bits per heavy atom. The van der Waals surface area contributed by atoms with Crippen LogP contribution in [0.25, 0.3) is 0 Å². The first-order valence-electron chi connectivity index (χ1n) is 6.78. The highest BCUT2D eigenvalue weighted by molar-refractivity contribution is 6.26. The van der Waals surface area contributed by atoms with Crippen LogP contribution >= 0.6 is 0 Å². The molecule has 0 aliphatic heterocycles. The molecule has 1 amide bonds. The minimum absolute atomic E-state index is 0.0184.